The van der Waals surface area contributed by atoms with E-state index in [0.717, 1.165) is 122 Å². The Morgan fingerprint density at radius 1 is 0.193 bits per heavy atom. The van der Waals surface area contributed by atoms with Gasteiger partial charge in [0.05, 0.1) is 33.1 Å². The highest BCUT2D eigenvalue weighted by Crippen LogP contribution is 2.48. The predicted molar refractivity (Wildman–Crippen MR) is 346 cm³/mol. The summed E-state index contributed by atoms with van der Waals surface area (Å²) in [5, 5.41) is 11.5. The van der Waals surface area contributed by atoms with Gasteiger partial charge < -0.3 is 22.5 Å². The number of nitrogens with zero attached hydrogens (tertiary/aromatic N) is 3. The Morgan fingerprint density at radius 2 is 0.602 bits per heavy atom. The average molecular weight is 1060 g/mol. The summed E-state index contributed by atoms with van der Waals surface area (Å²) in [5.74, 6) is 0. The monoisotopic (exact) mass is 1060 g/mol. The van der Waals surface area contributed by atoms with Crippen LogP contribution in [0, 0.1) is 0 Å². The second-order valence-corrected chi connectivity index (χ2v) is 21.9. The number of furan rings is 2. The van der Waals surface area contributed by atoms with Crippen molar-refractivity contribution in [1.29, 1.82) is 0 Å². The van der Waals surface area contributed by atoms with Crippen LogP contribution < -0.4 is 0 Å². The van der Waals surface area contributed by atoms with Gasteiger partial charge in [-0.25, -0.2) is 0 Å². The molecule has 0 saturated carbocycles. The maximum Gasteiger partial charge on any atom is 0.143 e. The van der Waals surface area contributed by atoms with Crippen LogP contribution in [0.4, 0.5) is 0 Å². The number of hydrogen-bond acceptors (Lipinski definition) is 2. The molecule has 5 aromatic heterocycles. The molecule has 13 aromatic carbocycles. The van der Waals surface area contributed by atoms with Gasteiger partial charge in [-0.2, -0.15) is 0 Å². The van der Waals surface area contributed by atoms with Gasteiger partial charge in [0.15, 0.2) is 0 Å². The second kappa shape index (κ2) is 17.7. The Hall–Kier alpha value is -11.1. The average Bonchev–Trinajstić information content (AvgIpc) is 4.47. The van der Waals surface area contributed by atoms with E-state index in [1.807, 2.05) is 0 Å². The summed E-state index contributed by atoms with van der Waals surface area (Å²) in [6.07, 6.45) is 0. The Kier molecular flexibility index (Phi) is 9.73. The largest absolute Gasteiger partial charge is 0.455 e. The van der Waals surface area contributed by atoms with Gasteiger partial charge in [0.1, 0.15) is 22.3 Å². The zero-order valence-corrected chi connectivity index (χ0v) is 44.8. The fourth-order valence-corrected chi connectivity index (χ4v) is 13.8. The maximum absolute atomic E-state index is 7.54. The standard InChI is InChI=1S/C78H47N3O2/c1-3-20-51(21-4-1)79-71-35-16-11-28-58(71)64-42-48(38-40-73(64)79)50-44-63(49-39-41-74-65(43-49)59-29-12-17-36-72(59)80(74)52-22-5-2-6-23-52)77-66(45-50)62-32-19-31-61(76(62)83-77)54-24-7-8-25-55(54)67-46-53(47-68-60-30-13-18-37-75(60)82-78(67)68)81-69-33-14-9-26-56(69)57-27-10-15-34-70(57)81/h1-47H. The van der Waals surface area contributed by atoms with Crippen molar-refractivity contribution < 1.29 is 8.83 Å². The van der Waals surface area contributed by atoms with Crippen LogP contribution in [-0.4, -0.2) is 13.7 Å². The molecule has 0 saturated heterocycles. The molecule has 0 aliphatic heterocycles. The highest BCUT2D eigenvalue weighted by molar-refractivity contribution is 6.19. The molecule has 0 atom stereocenters. The summed E-state index contributed by atoms with van der Waals surface area (Å²) in [6.45, 7) is 0. The van der Waals surface area contributed by atoms with Crippen molar-refractivity contribution in [3.63, 3.8) is 0 Å². The van der Waals surface area contributed by atoms with Crippen molar-refractivity contribution in [3.05, 3.63) is 285 Å². The molecule has 386 valence electrons. The van der Waals surface area contributed by atoms with E-state index in [9.17, 15) is 0 Å². The van der Waals surface area contributed by atoms with E-state index in [2.05, 4.69) is 299 Å². The van der Waals surface area contributed by atoms with Crippen LogP contribution in [0.15, 0.2) is 294 Å². The van der Waals surface area contributed by atoms with Gasteiger partial charge >= 0.3 is 0 Å². The molecule has 5 heteroatoms. The van der Waals surface area contributed by atoms with Crippen LogP contribution in [0.3, 0.4) is 0 Å². The number of rotatable bonds is 7. The fraction of sp³-hybridized carbons (Fsp3) is 0. The molecule has 5 heterocycles. The first-order valence-corrected chi connectivity index (χ1v) is 28.4. The minimum Gasteiger partial charge on any atom is -0.455 e. The number of aromatic nitrogens is 3. The van der Waals surface area contributed by atoms with E-state index in [1.165, 1.54) is 48.9 Å². The van der Waals surface area contributed by atoms with Gasteiger partial charge in [-0.05, 0) is 131 Å². The Labute approximate surface area is 475 Å². The van der Waals surface area contributed by atoms with Crippen molar-refractivity contribution in [2.75, 3.05) is 0 Å². The van der Waals surface area contributed by atoms with Crippen LogP contribution in [0.2, 0.25) is 0 Å². The number of para-hydroxylation sites is 8. The lowest BCUT2D eigenvalue weighted by Crippen LogP contribution is -1.95. The van der Waals surface area contributed by atoms with E-state index in [1.54, 1.807) is 0 Å². The Balaban J connectivity index is 0.885. The van der Waals surface area contributed by atoms with E-state index >= 15 is 0 Å². The van der Waals surface area contributed by atoms with Crippen molar-refractivity contribution in [1.82, 2.24) is 13.7 Å². The summed E-state index contributed by atoms with van der Waals surface area (Å²) in [7, 11) is 0. The summed E-state index contributed by atoms with van der Waals surface area (Å²) in [6, 6.07) is 103. The van der Waals surface area contributed by atoms with E-state index < -0.39 is 0 Å². The van der Waals surface area contributed by atoms with E-state index in [4.69, 9.17) is 8.83 Å². The van der Waals surface area contributed by atoms with Gasteiger partial charge in [0.25, 0.3) is 0 Å². The topological polar surface area (TPSA) is 41.1 Å². The lowest BCUT2D eigenvalue weighted by molar-refractivity contribution is 0.669. The molecule has 0 unspecified atom stereocenters. The Bertz CT molecular complexity index is 5640. The third kappa shape index (κ3) is 6.77. The molecule has 83 heavy (non-hydrogen) atoms. The van der Waals surface area contributed by atoms with Gasteiger partial charge in [-0.1, -0.05) is 182 Å². The van der Waals surface area contributed by atoms with Crippen molar-refractivity contribution >= 4 is 109 Å². The Morgan fingerprint density at radius 3 is 1.22 bits per heavy atom. The molecule has 0 bridgehead atoms. The summed E-state index contributed by atoms with van der Waals surface area (Å²) in [5.41, 5.74) is 22.1. The van der Waals surface area contributed by atoms with Gasteiger partial charge in [0.2, 0.25) is 0 Å². The van der Waals surface area contributed by atoms with Crippen LogP contribution in [0.25, 0.3) is 171 Å². The first-order valence-electron chi connectivity index (χ1n) is 28.4. The first kappa shape index (κ1) is 45.7. The molecule has 18 aromatic rings. The number of fused-ring (bicyclic) bond motifs is 15. The molecular weight excluding hydrogens is 1010 g/mol. The third-order valence-electron chi connectivity index (χ3n) is 17.4. The summed E-state index contributed by atoms with van der Waals surface area (Å²) in [4.78, 5) is 0. The highest BCUT2D eigenvalue weighted by Gasteiger charge is 2.25. The lowest BCUT2D eigenvalue weighted by atomic mass is 9.91. The van der Waals surface area contributed by atoms with Gasteiger partial charge in [-0.3, -0.25) is 0 Å². The van der Waals surface area contributed by atoms with Crippen LogP contribution in [0.1, 0.15) is 0 Å². The molecule has 18 rings (SSSR count). The maximum atomic E-state index is 7.54. The number of benzene rings is 13. The molecule has 0 fully saturated rings. The predicted octanol–water partition coefficient (Wildman–Crippen LogP) is 21.4. The number of hydrogen-bond donors (Lipinski definition) is 0. The minimum atomic E-state index is 0.830. The third-order valence-corrected chi connectivity index (χ3v) is 17.4. The molecule has 5 nitrogen and oxygen atoms in total. The fourth-order valence-electron chi connectivity index (χ4n) is 13.8. The highest BCUT2D eigenvalue weighted by atomic mass is 16.3. The zero-order valence-electron chi connectivity index (χ0n) is 44.8. The lowest BCUT2D eigenvalue weighted by Gasteiger charge is -2.14. The van der Waals surface area contributed by atoms with Crippen molar-refractivity contribution in [3.8, 4) is 61.6 Å². The van der Waals surface area contributed by atoms with Gasteiger partial charge in [0, 0.05) is 87.6 Å². The molecule has 0 aliphatic carbocycles. The first-order chi connectivity index (χ1) is 41.2. The summed E-state index contributed by atoms with van der Waals surface area (Å²) < 4.78 is 21.7. The van der Waals surface area contributed by atoms with Crippen LogP contribution in [-0.2, 0) is 0 Å². The quantitative estimate of drug-likeness (QED) is 0.160. The van der Waals surface area contributed by atoms with Crippen molar-refractivity contribution in [2.45, 2.75) is 0 Å². The SMILES string of the molecule is c1ccc(-n2c3ccccc3c3cc(-c4cc(-c5ccc6c(c5)c5ccccc5n6-c5ccccc5)c5oc6c(-c7ccccc7-c7cc(-n8c9ccccc9c9ccccc98)cc8c7oc7ccccc78)cccc6c5c4)ccc32)cc1. The van der Waals surface area contributed by atoms with E-state index in [-0.39, 0.29) is 0 Å². The molecule has 0 aliphatic rings. The zero-order chi connectivity index (χ0) is 54.3. The van der Waals surface area contributed by atoms with Gasteiger partial charge in [-0.15, -0.1) is 0 Å². The molecule has 0 amide bonds. The van der Waals surface area contributed by atoms with E-state index in [0.29, 0.717) is 0 Å². The normalized spacial score (nSPS) is 12.1. The van der Waals surface area contributed by atoms with Crippen LogP contribution in [0.5, 0.6) is 0 Å². The molecule has 0 N–H and O–H groups in total. The summed E-state index contributed by atoms with van der Waals surface area (Å²) >= 11 is 0. The molecular formula is C78H47N3O2. The minimum absolute atomic E-state index is 0.830. The van der Waals surface area contributed by atoms with Crippen LogP contribution >= 0.6 is 0 Å². The molecule has 0 spiro atoms. The van der Waals surface area contributed by atoms with Crippen molar-refractivity contribution in [2.24, 2.45) is 0 Å². The molecule has 0 radical (unpaired) electrons. The second-order valence-electron chi connectivity index (χ2n) is 21.9. The smallest absolute Gasteiger partial charge is 0.143 e.